The molecular weight excluding hydrogens is 481 g/mol. The SMILES string of the molecule is CCOc1cc(/C=C2/SC(=S)N(CC(=O)O)C2=O)ccc1OCc1ccc(Cl)c(Cl)c1. The Morgan fingerprint density at radius 3 is 2.61 bits per heavy atom. The molecule has 1 N–H and O–H groups in total. The summed E-state index contributed by atoms with van der Waals surface area (Å²) in [5.74, 6) is -0.518. The number of nitrogens with zero attached hydrogens (tertiary/aromatic N) is 1. The average Bonchev–Trinajstić information content (AvgIpc) is 2.97. The third kappa shape index (κ3) is 5.92. The number of benzene rings is 2. The van der Waals surface area contributed by atoms with Crippen molar-refractivity contribution in [3.63, 3.8) is 0 Å². The molecule has 6 nitrogen and oxygen atoms in total. The number of carboxylic acids is 1. The lowest BCUT2D eigenvalue weighted by molar-refractivity contribution is -0.140. The number of hydrogen-bond donors (Lipinski definition) is 1. The van der Waals surface area contributed by atoms with Crippen molar-refractivity contribution in [2.24, 2.45) is 0 Å². The van der Waals surface area contributed by atoms with E-state index in [1.165, 1.54) is 0 Å². The van der Waals surface area contributed by atoms with Gasteiger partial charge in [-0.3, -0.25) is 14.5 Å². The zero-order valence-corrected chi connectivity index (χ0v) is 19.4. The highest BCUT2D eigenvalue weighted by Crippen LogP contribution is 2.35. The third-order valence-electron chi connectivity index (χ3n) is 4.11. The van der Waals surface area contributed by atoms with Crippen molar-refractivity contribution in [3.8, 4) is 11.5 Å². The van der Waals surface area contributed by atoms with Crippen LogP contribution in [0.25, 0.3) is 6.08 Å². The lowest BCUT2D eigenvalue weighted by atomic mass is 10.1. The molecule has 0 spiro atoms. The van der Waals surface area contributed by atoms with Crippen LogP contribution in [0.4, 0.5) is 0 Å². The molecule has 1 heterocycles. The first-order valence-corrected chi connectivity index (χ1v) is 11.1. The first-order chi connectivity index (χ1) is 14.8. The number of ether oxygens (including phenoxy) is 2. The van der Waals surface area contributed by atoms with E-state index >= 15 is 0 Å². The predicted octanol–water partition coefficient (Wildman–Crippen LogP) is 5.26. The number of rotatable bonds is 8. The van der Waals surface area contributed by atoms with Crippen LogP contribution in [0, 0.1) is 0 Å². The van der Waals surface area contributed by atoms with Crippen molar-refractivity contribution in [1.29, 1.82) is 0 Å². The van der Waals surface area contributed by atoms with Crippen molar-refractivity contribution in [1.82, 2.24) is 4.90 Å². The Balaban J connectivity index is 1.79. The van der Waals surface area contributed by atoms with E-state index in [1.54, 1.807) is 36.4 Å². The number of halogens is 2. The molecule has 2 aromatic rings. The predicted molar refractivity (Wildman–Crippen MR) is 126 cm³/mol. The zero-order valence-electron chi connectivity index (χ0n) is 16.3. The van der Waals surface area contributed by atoms with E-state index in [9.17, 15) is 9.59 Å². The van der Waals surface area contributed by atoms with Gasteiger partial charge in [-0.1, -0.05) is 59.3 Å². The number of carboxylic acid groups (broad SMARTS) is 1. The number of thiocarbonyl (C=S) groups is 1. The van der Waals surface area contributed by atoms with Crippen LogP contribution in [0.2, 0.25) is 10.0 Å². The minimum Gasteiger partial charge on any atom is -0.490 e. The van der Waals surface area contributed by atoms with Gasteiger partial charge in [0.15, 0.2) is 11.5 Å². The molecule has 0 aliphatic carbocycles. The van der Waals surface area contributed by atoms with Crippen LogP contribution in [0.15, 0.2) is 41.3 Å². The first kappa shape index (κ1) is 23.4. The Morgan fingerprint density at radius 1 is 1.16 bits per heavy atom. The van der Waals surface area contributed by atoms with Crippen molar-refractivity contribution in [3.05, 3.63) is 62.5 Å². The minimum atomic E-state index is -1.13. The Morgan fingerprint density at radius 2 is 1.94 bits per heavy atom. The van der Waals surface area contributed by atoms with Crippen molar-refractivity contribution in [2.45, 2.75) is 13.5 Å². The van der Waals surface area contributed by atoms with Gasteiger partial charge in [0, 0.05) is 0 Å². The Labute approximate surface area is 198 Å². The molecular formula is C21H17Cl2NO5S2. The molecule has 10 heteroatoms. The number of carbonyl (C=O) groups excluding carboxylic acids is 1. The molecule has 162 valence electrons. The van der Waals surface area contributed by atoms with E-state index in [4.69, 9.17) is 50.0 Å². The van der Waals surface area contributed by atoms with Gasteiger partial charge in [-0.25, -0.2) is 0 Å². The fourth-order valence-corrected chi connectivity index (χ4v) is 4.29. The molecule has 0 aromatic heterocycles. The molecule has 1 saturated heterocycles. The van der Waals surface area contributed by atoms with Gasteiger partial charge in [0.1, 0.15) is 17.5 Å². The van der Waals surface area contributed by atoms with Gasteiger partial charge in [-0.2, -0.15) is 0 Å². The van der Waals surface area contributed by atoms with Gasteiger partial charge in [-0.15, -0.1) is 0 Å². The summed E-state index contributed by atoms with van der Waals surface area (Å²) >= 11 is 18.2. The van der Waals surface area contributed by atoms with Crippen LogP contribution in [-0.4, -0.2) is 39.4 Å². The molecule has 31 heavy (non-hydrogen) atoms. The fraction of sp³-hybridized carbons (Fsp3) is 0.190. The molecule has 2 aromatic carbocycles. The van der Waals surface area contributed by atoms with E-state index in [2.05, 4.69) is 0 Å². The summed E-state index contributed by atoms with van der Waals surface area (Å²) in [7, 11) is 0. The standard InChI is InChI=1S/C21H17Cl2NO5S2/c1-2-28-17-8-12(9-18-20(27)24(10-19(25)26)21(30)31-18)4-6-16(17)29-11-13-3-5-14(22)15(23)7-13/h3-9H,2,10-11H2,1H3,(H,25,26)/b18-9+. The van der Waals surface area contributed by atoms with Crippen LogP contribution in [0.3, 0.4) is 0 Å². The van der Waals surface area contributed by atoms with Crippen LogP contribution in [0.1, 0.15) is 18.1 Å². The van der Waals surface area contributed by atoms with Crippen LogP contribution in [-0.2, 0) is 16.2 Å². The summed E-state index contributed by atoms with van der Waals surface area (Å²) in [6, 6.07) is 10.5. The number of carbonyl (C=O) groups is 2. The zero-order chi connectivity index (χ0) is 22.5. The first-order valence-electron chi connectivity index (χ1n) is 9.09. The third-order valence-corrected chi connectivity index (χ3v) is 6.23. The highest BCUT2D eigenvalue weighted by molar-refractivity contribution is 8.26. The average molecular weight is 498 g/mol. The van der Waals surface area contributed by atoms with E-state index in [0.717, 1.165) is 22.2 Å². The van der Waals surface area contributed by atoms with Crippen molar-refractivity contribution < 1.29 is 24.2 Å². The quantitative estimate of drug-likeness (QED) is 0.393. The Bertz CT molecular complexity index is 1070. The maximum Gasteiger partial charge on any atom is 0.323 e. The topological polar surface area (TPSA) is 76.1 Å². The second-order valence-electron chi connectivity index (χ2n) is 6.34. The molecule has 0 bridgehead atoms. The van der Waals surface area contributed by atoms with Gasteiger partial charge in [0.25, 0.3) is 5.91 Å². The maximum atomic E-state index is 12.5. The largest absolute Gasteiger partial charge is 0.490 e. The number of thioether (sulfide) groups is 1. The Kier molecular flexibility index (Phi) is 7.83. The minimum absolute atomic E-state index is 0.213. The number of amides is 1. The molecule has 3 rings (SSSR count). The van der Waals surface area contributed by atoms with Crippen LogP contribution >= 0.6 is 47.2 Å². The van der Waals surface area contributed by atoms with E-state index in [1.807, 2.05) is 13.0 Å². The summed E-state index contributed by atoms with van der Waals surface area (Å²) in [5, 5.41) is 9.86. The summed E-state index contributed by atoms with van der Waals surface area (Å²) in [5.41, 5.74) is 1.55. The highest BCUT2D eigenvalue weighted by atomic mass is 35.5. The smallest absolute Gasteiger partial charge is 0.323 e. The molecule has 0 unspecified atom stereocenters. The summed E-state index contributed by atoms with van der Waals surface area (Å²) < 4.78 is 11.8. The van der Waals surface area contributed by atoms with Crippen LogP contribution < -0.4 is 9.47 Å². The van der Waals surface area contributed by atoms with Gasteiger partial charge in [-0.05, 0) is 48.4 Å². The molecule has 0 atom stereocenters. The van der Waals surface area contributed by atoms with E-state index in [-0.39, 0.29) is 10.9 Å². The summed E-state index contributed by atoms with van der Waals surface area (Å²) in [6.07, 6.45) is 1.65. The number of aliphatic carboxylic acids is 1. The second kappa shape index (κ2) is 10.4. The normalized spacial score (nSPS) is 14.9. The molecule has 1 aliphatic heterocycles. The highest BCUT2D eigenvalue weighted by Gasteiger charge is 2.33. The van der Waals surface area contributed by atoms with Crippen molar-refractivity contribution >= 4 is 69.5 Å². The molecule has 0 radical (unpaired) electrons. The lowest BCUT2D eigenvalue weighted by Crippen LogP contribution is -2.33. The Hall–Kier alpha value is -2.26. The summed E-state index contributed by atoms with van der Waals surface area (Å²) in [6.45, 7) is 2.08. The van der Waals surface area contributed by atoms with Crippen molar-refractivity contribution in [2.75, 3.05) is 13.2 Å². The summed E-state index contributed by atoms with van der Waals surface area (Å²) in [4.78, 5) is 24.8. The maximum absolute atomic E-state index is 12.5. The lowest BCUT2D eigenvalue weighted by Gasteiger charge is -2.13. The molecule has 1 aliphatic rings. The van der Waals surface area contributed by atoms with E-state index < -0.39 is 18.4 Å². The molecule has 0 saturated carbocycles. The van der Waals surface area contributed by atoms with E-state index in [0.29, 0.717) is 38.6 Å². The van der Waals surface area contributed by atoms with Gasteiger partial charge >= 0.3 is 5.97 Å². The van der Waals surface area contributed by atoms with Gasteiger partial charge in [0.05, 0.1) is 21.6 Å². The van der Waals surface area contributed by atoms with Crippen LogP contribution in [0.5, 0.6) is 11.5 Å². The monoisotopic (exact) mass is 497 g/mol. The second-order valence-corrected chi connectivity index (χ2v) is 8.83. The fourth-order valence-electron chi connectivity index (χ4n) is 2.72. The number of hydrogen-bond acceptors (Lipinski definition) is 6. The molecule has 1 amide bonds. The van der Waals surface area contributed by atoms with Gasteiger partial charge in [0.2, 0.25) is 0 Å². The molecule has 1 fully saturated rings. The van der Waals surface area contributed by atoms with Gasteiger partial charge < -0.3 is 14.6 Å².